The monoisotopic (exact) mass is 468 g/mol. The molecule has 0 spiro atoms. The molecule has 1 N–H and O–H groups in total. The number of anilines is 1. The van der Waals surface area contributed by atoms with Crippen LogP contribution >= 0.6 is 23.4 Å². The van der Waals surface area contributed by atoms with Gasteiger partial charge in [-0.25, -0.2) is 8.42 Å². The van der Waals surface area contributed by atoms with Crippen molar-refractivity contribution in [3.63, 3.8) is 0 Å². The molecular formula is C21H25ClN2O4S2. The van der Waals surface area contributed by atoms with Gasteiger partial charge in [0.2, 0.25) is 10.0 Å². The van der Waals surface area contributed by atoms with Crippen LogP contribution in [0.25, 0.3) is 0 Å². The molecule has 0 radical (unpaired) electrons. The smallest absolute Gasteiger partial charge is 0.261 e. The van der Waals surface area contributed by atoms with E-state index in [1.165, 1.54) is 15.4 Å². The molecule has 0 aromatic heterocycles. The Balaban J connectivity index is 1.56. The van der Waals surface area contributed by atoms with E-state index < -0.39 is 16.1 Å². The zero-order valence-corrected chi connectivity index (χ0v) is 19.3. The second-order valence-corrected chi connectivity index (χ2v) is 10.6. The van der Waals surface area contributed by atoms with Gasteiger partial charge in [0.1, 0.15) is 5.75 Å². The number of halogens is 1. The molecular weight excluding hydrogens is 444 g/mol. The summed E-state index contributed by atoms with van der Waals surface area (Å²) >= 11 is 7.78. The number of hydrogen-bond donors (Lipinski definition) is 1. The van der Waals surface area contributed by atoms with Crippen LogP contribution in [0, 0.1) is 6.92 Å². The average Bonchev–Trinajstić information content (AvgIpc) is 2.87. The number of rotatable bonds is 7. The van der Waals surface area contributed by atoms with E-state index in [0.717, 1.165) is 17.8 Å². The van der Waals surface area contributed by atoms with Crippen LogP contribution in [-0.2, 0) is 20.6 Å². The van der Waals surface area contributed by atoms with Crippen molar-refractivity contribution in [2.75, 3.05) is 29.4 Å². The SMILES string of the molecule is Cc1cccc(CSCCNC(=O)[C@@H]2CCN(S(C)(=O)=O)c3cc(Cl)ccc3O2)c1. The van der Waals surface area contributed by atoms with E-state index >= 15 is 0 Å². The summed E-state index contributed by atoms with van der Waals surface area (Å²) in [6.45, 7) is 2.73. The Bertz CT molecular complexity index is 1010. The van der Waals surface area contributed by atoms with Gasteiger partial charge in [0.05, 0.1) is 11.9 Å². The number of carbonyl (C=O) groups excluding carboxylic acids is 1. The van der Waals surface area contributed by atoms with E-state index in [-0.39, 0.29) is 18.9 Å². The molecule has 0 bridgehead atoms. The van der Waals surface area contributed by atoms with Gasteiger partial charge in [-0.05, 0) is 30.7 Å². The van der Waals surface area contributed by atoms with E-state index in [9.17, 15) is 13.2 Å². The molecule has 2 aromatic rings. The number of amides is 1. The number of ether oxygens (including phenoxy) is 1. The van der Waals surface area contributed by atoms with E-state index in [2.05, 4.69) is 30.4 Å². The lowest BCUT2D eigenvalue weighted by molar-refractivity contribution is -0.127. The fourth-order valence-electron chi connectivity index (χ4n) is 3.23. The second-order valence-electron chi connectivity index (χ2n) is 7.18. The molecule has 0 saturated heterocycles. The zero-order valence-electron chi connectivity index (χ0n) is 16.9. The Morgan fingerprint density at radius 2 is 2.10 bits per heavy atom. The summed E-state index contributed by atoms with van der Waals surface area (Å²) in [5, 5.41) is 3.30. The molecule has 0 aliphatic carbocycles. The molecule has 3 rings (SSSR count). The van der Waals surface area contributed by atoms with Gasteiger partial charge in [0, 0.05) is 36.0 Å². The number of hydrogen-bond acceptors (Lipinski definition) is 5. The minimum absolute atomic E-state index is 0.145. The maximum absolute atomic E-state index is 12.6. The third kappa shape index (κ3) is 6.06. The van der Waals surface area contributed by atoms with Gasteiger partial charge >= 0.3 is 0 Å². The Kier molecular flexibility index (Phi) is 7.55. The number of nitrogens with one attached hydrogen (secondary N) is 1. The lowest BCUT2D eigenvalue weighted by Gasteiger charge is -2.21. The number of benzene rings is 2. The van der Waals surface area contributed by atoms with Crippen molar-refractivity contribution >= 4 is 45.0 Å². The molecule has 1 aliphatic heterocycles. The minimum Gasteiger partial charge on any atom is -0.478 e. The summed E-state index contributed by atoms with van der Waals surface area (Å²) < 4.78 is 31.5. The third-order valence-corrected chi connectivity index (χ3v) is 7.09. The molecule has 0 saturated carbocycles. The van der Waals surface area contributed by atoms with Gasteiger partial charge in [0.25, 0.3) is 5.91 Å². The Morgan fingerprint density at radius 3 is 2.83 bits per heavy atom. The third-order valence-electron chi connectivity index (χ3n) is 4.64. The molecule has 0 fully saturated rings. The Hall–Kier alpha value is -1.90. The number of thioether (sulfide) groups is 1. The maximum atomic E-state index is 12.6. The van der Waals surface area contributed by atoms with Crippen molar-refractivity contribution in [3.05, 3.63) is 58.6 Å². The van der Waals surface area contributed by atoms with E-state index in [4.69, 9.17) is 16.3 Å². The van der Waals surface area contributed by atoms with Crippen molar-refractivity contribution in [2.24, 2.45) is 0 Å². The highest BCUT2D eigenvalue weighted by Gasteiger charge is 2.31. The van der Waals surface area contributed by atoms with E-state index in [0.29, 0.717) is 23.0 Å². The van der Waals surface area contributed by atoms with Crippen molar-refractivity contribution in [1.29, 1.82) is 0 Å². The van der Waals surface area contributed by atoms with Crippen LogP contribution in [0.3, 0.4) is 0 Å². The topological polar surface area (TPSA) is 75.7 Å². The highest BCUT2D eigenvalue weighted by Crippen LogP contribution is 2.36. The standard InChI is InChI=1S/C21H25ClN2O4S2/c1-15-4-3-5-16(12-15)14-29-11-9-23-21(25)20-8-10-24(30(2,26)27)18-13-17(22)6-7-19(18)28-20/h3-7,12-13,20H,8-11,14H2,1-2H3,(H,23,25)/t20-/m0/s1. The zero-order chi connectivity index (χ0) is 21.7. The number of fused-ring (bicyclic) bond motifs is 1. The van der Waals surface area contributed by atoms with Crippen molar-refractivity contribution in [2.45, 2.75) is 25.2 Å². The molecule has 2 aromatic carbocycles. The van der Waals surface area contributed by atoms with Gasteiger partial charge in [0.15, 0.2) is 6.10 Å². The number of sulfonamides is 1. The van der Waals surface area contributed by atoms with Crippen molar-refractivity contribution in [3.8, 4) is 5.75 Å². The van der Waals surface area contributed by atoms with E-state index in [1.807, 2.05) is 6.07 Å². The van der Waals surface area contributed by atoms with Crippen LogP contribution in [0.2, 0.25) is 5.02 Å². The second kappa shape index (κ2) is 9.94. The van der Waals surface area contributed by atoms with Crippen molar-refractivity contribution < 1.29 is 17.9 Å². The van der Waals surface area contributed by atoms with Crippen LogP contribution in [0.4, 0.5) is 5.69 Å². The Morgan fingerprint density at radius 1 is 1.30 bits per heavy atom. The molecule has 30 heavy (non-hydrogen) atoms. The van der Waals surface area contributed by atoms with Crippen LogP contribution in [-0.4, -0.2) is 45.5 Å². The van der Waals surface area contributed by atoms with Gasteiger partial charge in [-0.1, -0.05) is 41.4 Å². The predicted molar refractivity (Wildman–Crippen MR) is 123 cm³/mol. The predicted octanol–water partition coefficient (Wildman–Crippen LogP) is 3.62. The summed E-state index contributed by atoms with van der Waals surface area (Å²) in [5.74, 6) is 1.74. The normalized spacial score (nSPS) is 16.4. The summed E-state index contributed by atoms with van der Waals surface area (Å²) in [5.41, 5.74) is 2.85. The highest BCUT2D eigenvalue weighted by atomic mass is 35.5. The molecule has 6 nitrogen and oxygen atoms in total. The maximum Gasteiger partial charge on any atom is 0.261 e. The summed E-state index contributed by atoms with van der Waals surface area (Å²) in [4.78, 5) is 12.6. The Labute approximate surface area is 187 Å². The molecule has 1 heterocycles. The quantitative estimate of drug-likeness (QED) is 0.628. The summed E-state index contributed by atoms with van der Waals surface area (Å²) in [6, 6.07) is 13.1. The number of aryl methyl sites for hydroxylation is 1. The first-order valence-electron chi connectivity index (χ1n) is 9.59. The van der Waals surface area contributed by atoms with E-state index in [1.54, 1.807) is 30.0 Å². The van der Waals surface area contributed by atoms with Crippen LogP contribution in [0.5, 0.6) is 5.75 Å². The molecule has 1 atom stereocenters. The first-order valence-corrected chi connectivity index (χ1v) is 13.0. The first kappa shape index (κ1) is 22.8. The van der Waals surface area contributed by atoms with Gasteiger partial charge < -0.3 is 10.1 Å². The largest absolute Gasteiger partial charge is 0.478 e. The number of carbonyl (C=O) groups is 1. The highest BCUT2D eigenvalue weighted by molar-refractivity contribution is 7.98. The van der Waals surface area contributed by atoms with Gasteiger partial charge in [-0.3, -0.25) is 9.10 Å². The van der Waals surface area contributed by atoms with Gasteiger partial charge in [-0.15, -0.1) is 0 Å². The summed E-state index contributed by atoms with van der Waals surface area (Å²) in [6.07, 6.45) is 0.615. The van der Waals surface area contributed by atoms with Crippen molar-refractivity contribution in [1.82, 2.24) is 5.32 Å². The fourth-order valence-corrected chi connectivity index (χ4v) is 5.14. The fraction of sp³-hybridized carbons (Fsp3) is 0.381. The number of nitrogens with zero attached hydrogens (tertiary/aromatic N) is 1. The van der Waals surface area contributed by atoms with Crippen LogP contribution in [0.1, 0.15) is 17.5 Å². The van der Waals surface area contributed by atoms with Gasteiger partial charge in [-0.2, -0.15) is 11.8 Å². The molecule has 0 unspecified atom stereocenters. The molecule has 162 valence electrons. The molecule has 1 aliphatic rings. The minimum atomic E-state index is -3.52. The summed E-state index contributed by atoms with van der Waals surface area (Å²) in [7, 11) is -3.52. The average molecular weight is 469 g/mol. The lowest BCUT2D eigenvalue weighted by atomic mass is 10.2. The first-order chi connectivity index (χ1) is 14.2. The molecule has 1 amide bonds. The molecule has 9 heteroatoms. The van der Waals surface area contributed by atoms with Crippen LogP contribution < -0.4 is 14.4 Å². The lowest BCUT2D eigenvalue weighted by Crippen LogP contribution is -2.40. The van der Waals surface area contributed by atoms with Crippen LogP contribution in [0.15, 0.2) is 42.5 Å².